The van der Waals surface area contributed by atoms with Crippen LogP contribution < -0.4 is 5.73 Å². The van der Waals surface area contributed by atoms with Crippen LogP contribution in [0, 0.1) is 6.92 Å². The first-order valence-corrected chi connectivity index (χ1v) is 6.05. The maximum Gasteiger partial charge on any atom is 0.158 e. The van der Waals surface area contributed by atoms with E-state index in [4.69, 9.17) is 5.73 Å². The number of Topliss-reactive ketones (excluding diaryl/α,β-unsaturated/α-hetero) is 1. The van der Waals surface area contributed by atoms with E-state index in [1.165, 1.54) is 0 Å². The topological polar surface area (TPSA) is 43.1 Å². The summed E-state index contributed by atoms with van der Waals surface area (Å²) in [4.78, 5) is 12.1. The summed E-state index contributed by atoms with van der Waals surface area (Å²) in [6.45, 7) is 2.02. The molecule has 0 fully saturated rings. The Hall–Kier alpha value is -1.93. The average molecular weight is 239 g/mol. The largest absolute Gasteiger partial charge is 0.318 e. The lowest BCUT2D eigenvalue weighted by Crippen LogP contribution is -2.23. The molecule has 2 aromatic carbocycles. The molecule has 0 heterocycles. The molecule has 0 saturated heterocycles. The van der Waals surface area contributed by atoms with E-state index in [1.54, 1.807) is 0 Å². The second-order valence-electron chi connectivity index (χ2n) is 4.52. The molecule has 92 valence electrons. The minimum Gasteiger partial charge on any atom is -0.318 e. The molecule has 0 aliphatic rings. The summed E-state index contributed by atoms with van der Waals surface area (Å²) in [5.41, 5.74) is 9.03. The highest BCUT2D eigenvalue weighted by Crippen LogP contribution is 2.14. The second-order valence-corrected chi connectivity index (χ2v) is 4.52. The van der Waals surface area contributed by atoms with Crippen LogP contribution in [0.1, 0.15) is 22.7 Å². The number of aryl methyl sites for hydroxylation is 1. The molecule has 0 radical (unpaired) electrons. The van der Waals surface area contributed by atoms with Crippen molar-refractivity contribution in [1.29, 1.82) is 0 Å². The smallest absolute Gasteiger partial charge is 0.158 e. The fourth-order valence-electron chi connectivity index (χ4n) is 1.98. The Kier molecular flexibility index (Phi) is 3.90. The summed E-state index contributed by atoms with van der Waals surface area (Å²) < 4.78 is 0. The summed E-state index contributed by atoms with van der Waals surface area (Å²) in [6.07, 6.45) is 0.387. The maximum absolute atomic E-state index is 12.1. The van der Waals surface area contributed by atoms with Gasteiger partial charge in [-0.2, -0.15) is 0 Å². The predicted octanol–water partition coefficient (Wildman–Crippen LogP) is 2.81. The van der Waals surface area contributed by atoms with Crippen molar-refractivity contribution in [2.45, 2.75) is 19.4 Å². The van der Waals surface area contributed by atoms with E-state index in [1.807, 2.05) is 61.5 Å². The molecule has 0 aliphatic heterocycles. The first-order chi connectivity index (χ1) is 8.66. The monoisotopic (exact) mass is 239 g/mol. The standard InChI is InChI=1S/C16H17NO/c1-12-6-5-7-13(10-12)11-15(18)16(17)14-8-3-2-4-9-14/h2-10,16H,11,17H2,1H3/t16-/m1/s1. The van der Waals surface area contributed by atoms with Gasteiger partial charge in [-0.3, -0.25) is 4.79 Å². The van der Waals surface area contributed by atoms with E-state index in [2.05, 4.69) is 0 Å². The first kappa shape index (κ1) is 12.5. The fourth-order valence-corrected chi connectivity index (χ4v) is 1.98. The molecule has 0 aliphatic carbocycles. The number of benzene rings is 2. The van der Waals surface area contributed by atoms with E-state index >= 15 is 0 Å². The molecule has 1 atom stereocenters. The Balaban J connectivity index is 2.09. The van der Waals surface area contributed by atoms with Gasteiger partial charge < -0.3 is 5.73 Å². The van der Waals surface area contributed by atoms with Gasteiger partial charge in [-0.15, -0.1) is 0 Å². The van der Waals surface area contributed by atoms with Gasteiger partial charge >= 0.3 is 0 Å². The molecule has 0 bridgehead atoms. The summed E-state index contributed by atoms with van der Waals surface area (Å²) in [7, 11) is 0. The minimum absolute atomic E-state index is 0.0480. The zero-order valence-corrected chi connectivity index (χ0v) is 10.5. The molecular weight excluding hydrogens is 222 g/mol. The quantitative estimate of drug-likeness (QED) is 0.891. The highest BCUT2D eigenvalue weighted by Gasteiger charge is 2.15. The Labute approximate surface area is 107 Å². The normalized spacial score (nSPS) is 12.1. The molecule has 2 aromatic rings. The van der Waals surface area contributed by atoms with E-state index in [0.29, 0.717) is 6.42 Å². The number of rotatable bonds is 4. The minimum atomic E-state index is -0.535. The van der Waals surface area contributed by atoms with Crippen LogP contribution in [0.3, 0.4) is 0 Å². The zero-order valence-electron chi connectivity index (χ0n) is 10.5. The maximum atomic E-state index is 12.1. The van der Waals surface area contributed by atoms with Crippen molar-refractivity contribution in [2.24, 2.45) is 5.73 Å². The highest BCUT2D eigenvalue weighted by atomic mass is 16.1. The summed E-state index contributed by atoms with van der Waals surface area (Å²) in [5.74, 6) is 0.0480. The van der Waals surface area contributed by atoms with Gasteiger partial charge in [-0.05, 0) is 18.1 Å². The molecule has 0 spiro atoms. The molecule has 0 saturated carbocycles. The molecule has 18 heavy (non-hydrogen) atoms. The van der Waals surface area contributed by atoms with Gasteiger partial charge in [-0.25, -0.2) is 0 Å². The number of carbonyl (C=O) groups is 1. The van der Waals surface area contributed by atoms with Crippen molar-refractivity contribution < 1.29 is 4.79 Å². The van der Waals surface area contributed by atoms with Crippen LogP contribution in [0.5, 0.6) is 0 Å². The third kappa shape index (κ3) is 3.05. The summed E-state index contributed by atoms with van der Waals surface area (Å²) in [6, 6.07) is 16.9. The SMILES string of the molecule is Cc1cccc(CC(=O)[C@H](N)c2ccccc2)c1. The average Bonchev–Trinajstić information content (AvgIpc) is 2.39. The van der Waals surface area contributed by atoms with Gasteiger partial charge in [-0.1, -0.05) is 60.2 Å². The van der Waals surface area contributed by atoms with Crippen LogP contribution in [0.4, 0.5) is 0 Å². The Bertz CT molecular complexity index is 534. The number of hydrogen-bond donors (Lipinski definition) is 1. The highest BCUT2D eigenvalue weighted by molar-refractivity contribution is 5.87. The van der Waals surface area contributed by atoms with Crippen LogP contribution >= 0.6 is 0 Å². The third-order valence-electron chi connectivity index (χ3n) is 2.97. The number of hydrogen-bond acceptors (Lipinski definition) is 2. The van der Waals surface area contributed by atoms with E-state index in [-0.39, 0.29) is 5.78 Å². The van der Waals surface area contributed by atoms with Gasteiger partial charge in [0.15, 0.2) is 5.78 Å². The molecule has 2 rings (SSSR count). The van der Waals surface area contributed by atoms with Crippen LogP contribution in [0.15, 0.2) is 54.6 Å². The molecule has 0 unspecified atom stereocenters. The fraction of sp³-hybridized carbons (Fsp3) is 0.188. The third-order valence-corrected chi connectivity index (χ3v) is 2.97. The van der Waals surface area contributed by atoms with Gasteiger partial charge in [0.05, 0.1) is 6.04 Å². The molecule has 0 aromatic heterocycles. The molecule has 2 N–H and O–H groups in total. The Morgan fingerprint density at radius 2 is 1.83 bits per heavy atom. The zero-order chi connectivity index (χ0) is 13.0. The van der Waals surface area contributed by atoms with E-state index < -0.39 is 6.04 Å². The number of ketones is 1. The lowest BCUT2D eigenvalue weighted by Gasteiger charge is -2.11. The lowest BCUT2D eigenvalue weighted by atomic mass is 9.98. The van der Waals surface area contributed by atoms with Crippen LogP contribution in [-0.4, -0.2) is 5.78 Å². The molecule has 2 nitrogen and oxygen atoms in total. The second kappa shape index (κ2) is 5.61. The van der Waals surface area contributed by atoms with E-state index in [9.17, 15) is 4.79 Å². The van der Waals surface area contributed by atoms with Crippen LogP contribution in [-0.2, 0) is 11.2 Å². The van der Waals surface area contributed by atoms with Gasteiger partial charge in [0.25, 0.3) is 0 Å². The predicted molar refractivity (Wildman–Crippen MR) is 73.3 cm³/mol. The Morgan fingerprint density at radius 1 is 1.11 bits per heavy atom. The van der Waals surface area contributed by atoms with Crippen molar-refractivity contribution in [3.05, 3.63) is 71.3 Å². The summed E-state index contributed by atoms with van der Waals surface area (Å²) >= 11 is 0. The molecule has 0 amide bonds. The lowest BCUT2D eigenvalue weighted by molar-refractivity contribution is -0.119. The van der Waals surface area contributed by atoms with Crippen molar-refractivity contribution in [3.8, 4) is 0 Å². The summed E-state index contributed by atoms with van der Waals surface area (Å²) in [5, 5.41) is 0. The molecule has 2 heteroatoms. The van der Waals surface area contributed by atoms with Crippen molar-refractivity contribution in [2.75, 3.05) is 0 Å². The number of carbonyl (C=O) groups excluding carboxylic acids is 1. The van der Waals surface area contributed by atoms with Gasteiger partial charge in [0, 0.05) is 6.42 Å². The van der Waals surface area contributed by atoms with Gasteiger partial charge in [0.2, 0.25) is 0 Å². The van der Waals surface area contributed by atoms with Crippen LogP contribution in [0.2, 0.25) is 0 Å². The van der Waals surface area contributed by atoms with E-state index in [0.717, 1.165) is 16.7 Å². The van der Waals surface area contributed by atoms with Crippen molar-refractivity contribution >= 4 is 5.78 Å². The van der Waals surface area contributed by atoms with Gasteiger partial charge in [0.1, 0.15) is 0 Å². The Morgan fingerprint density at radius 3 is 2.50 bits per heavy atom. The van der Waals surface area contributed by atoms with Crippen LogP contribution in [0.25, 0.3) is 0 Å². The molecular formula is C16H17NO. The first-order valence-electron chi connectivity index (χ1n) is 6.05. The van der Waals surface area contributed by atoms with Crippen molar-refractivity contribution in [3.63, 3.8) is 0 Å². The van der Waals surface area contributed by atoms with Crippen molar-refractivity contribution in [1.82, 2.24) is 0 Å². The number of nitrogens with two attached hydrogens (primary N) is 1.